The van der Waals surface area contributed by atoms with Crippen LogP contribution >= 0.6 is 0 Å². The molecular weight excluding hydrogens is 378 g/mol. The molecular formula is C23H21N5O2. The van der Waals surface area contributed by atoms with Gasteiger partial charge in [-0.2, -0.15) is 5.10 Å². The summed E-state index contributed by atoms with van der Waals surface area (Å²) in [6.07, 6.45) is 1.59. The van der Waals surface area contributed by atoms with Crippen molar-refractivity contribution in [1.29, 1.82) is 0 Å². The summed E-state index contributed by atoms with van der Waals surface area (Å²) in [7, 11) is 3.79. The molecule has 1 amide bonds. The Morgan fingerprint density at radius 2 is 1.67 bits per heavy atom. The lowest BCUT2D eigenvalue weighted by Crippen LogP contribution is -2.28. The lowest BCUT2D eigenvalue weighted by atomic mass is 10.1. The van der Waals surface area contributed by atoms with E-state index in [1.807, 2.05) is 55.4 Å². The first-order valence-electron chi connectivity index (χ1n) is 9.51. The minimum atomic E-state index is -0.396. The normalized spacial score (nSPS) is 10.7. The van der Waals surface area contributed by atoms with Crippen LogP contribution in [-0.2, 0) is 6.54 Å². The lowest BCUT2D eigenvalue weighted by molar-refractivity contribution is 0.102. The molecule has 4 aromatic rings. The number of benzene rings is 2. The third-order valence-electron chi connectivity index (χ3n) is 4.72. The molecule has 0 atom stereocenters. The van der Waals surface area contributed by atoms with Crippen molar-refractivity contribution in [1.82, 2.24) is 14.8 Å². The molecule has 0 aliphatic carbocycles. The number of nitrogens with one attached hydrogen (secondary N) is 1. The van der Waals surface area contributed by atoms with E-state index in [0.717, 1.165) is 11.4 Å². The van der Waals surface area contributed by atoms with Gasteiger partial charge in [-0.25, -0.2) is 9.67 Å². The molecule has 0 fully saturated rings. The molecule has 1 N–H and O–H groups in total. The molecule has 150 valence electrons. The first-order valence-corrected chi connectivity index (χ1v) is 9.51. The SMILES string of the molecule is CN(C)c1ccc(NC(=O)c2nn(Cc3ccccc3)c(=O)c3ccccc23)cn1. The van der Waals surface area contributed by atoms with Crippen molar-refractivity contribution in [2.45, 2.75) is 6.54 Å². The number of carbonyl (C=O) groups excluding carboxylic acids is 1. The predicted octanol–water partition coefficient (Wildman–Crippen LogP) is 3.16. The van der Waals surface area contributed by atoms with Gasteiger partial charge in [-0.15, -0.1) is 0 Å². The van der Waals surface area contributed by atoms with Crippen molar-refractivity contribution >= 4 is 28.2 Å². The summed E-state index contributed by atoms with van der Waals surface area (Å²) < 4.78 is 1.33. The van der Waals surface area contributed by atoms with Gasteiger partial charge in [0, 0.05) is 19.5 Å². The number of rotatable bonds is 5. The molecule has 2 aromatic heterocycles. The number of hydrogen-bond acceptors (Lipinski definition) is 5. The predicted molar refractivity (Wildman–Crippen MR) is 118 cm³/mol. The zero-order valence-electron chi connectivity index (χ0n) is 16.7. The van der Waals surface area contributed by atoms with Crippen molar-refractivity contribution < 1.29 is 4.79 Å². The topological polar surface area (TPSA) is 80.1 Å². The van der Waals surface area contributed by atoms with Gasteiger partial charge in [-0.05, 0) is 23.8 Å². The Labute approximate surface area is 173 Å². The highest BCUT2D eigenvalue weighted by Crippen LogP contribution is 2.17. The summed E-state index contributed by atoms with van der Waals surface area (Å²) in [4.78, 5) is 32.1. The molecule has 0 bridgehead atoms. The van der Waals surface area contributed by atoms with Gasteiger partial charge in [0.1, 0.15) is 5.82 Å². The van der Waals surface area contributed by atoms with E-state index in [4.69, 9.17) is 0 Å². The fourth-order valence-corrected chi connectivity index (χ4v) is 3.18. The van der Waals surface area contributed by atoms with Crippen LogP contribution in [0.15, 0.2) is 77.7 Å². The molecule has 0 unspecified atom stereocenters. The molecule has 0 aliphatic rings. The number of hydrogen-bond donors (Lipinski definition) is 1. The number of pyridine rings is 1. The molecule has 7 nitrogen and oxygen atoms in total. The second kappa shape index (κ2) is 8.16. The number of fused-ring (bicyclic) bond motifs is 1. The molecule has 2 aromatic carbocycles. The molecule has 2 heterocycles. The largest absolute Gasteiger partial charge is 0.363 e. The Kier molecular flexibility index (Phi) is 5.26. The molecule has 0 aliphatic heterocycles. The molecule has 0 saturated heterocycles. The Morgan fingerprint density at radius 3 is 2.33 bits per heavy atom. The van der Waals surface area contributed by atoms with Crippen molar-refractivity contribution in [2.75, 3.05) is 24.3 Å². The van der Waals surface area contributed by atoms with Gasteiger partial charge in [0.2, 0.25) is 0 Å². The Bertz CT molecular complexity index is 1250. The van der Waals surface area contributed by atoms with Crippen molar-refractivity contribution in [3.8, 4) is 0 Å². The van der Waals surface area contributed by atoms with Crippen LogP contribution in [0.2, 0.25) is 0 Å². The first kappa shape index (κ1) is 19.3. The van der Waals surface area contributed by atoms with Gasteiger partial charge in [0.15, 0.2) is 5.69 Å². The maximum atomic E-state index is 13.0. The number of amides is 1. The van der Waals surface area contributed by atoms with Crippen LogP contribution in [0.25, 0.3) is 10.8 Å². The smallest absolute Gasteiger partial charge is 0.276 e. The molecule has 30 heavy (non-hydrogen) atoms. The summed E-state index contributed by atoms with van der Waals surface area (Å²) in [6, 6.07) is 20.2. The fourth-order valence-electron chi connectivity index (χ4n) is 3.18. The Hall–Kier alpha value is -4.00. The average molecular weight is 399 g/mol. The van der Waals surface area contributed by atoms with E-state index in [1.165, 1.54) is 4.68 Å². The lowest BCUT2D eigenvalue weighted by Gasteiger charge is -2.13. The van der Waals surface area contributed by atoms with Gasteiger partial charge in [-0.1, -0.05) is 48.5 Å². The zero-order chi connectivity index (χ0) is 21.1. The summed E-state index contributed by atoms with van der Waals surface area (Å²) >= 11 is 0. The van der Waals surface area contributed by atoms with E-state index < -0.39 is 5.91 Å². The fraction of sp³-hybridized carbons (Fsp3) is 0.130. The summed E-state index contributed by atoms with van der Waals surface area (Å²) in [5.74, 6) is 0.389. The van der Waals surface area contributed by atoms with Gasteiger partial charge >= 0.3 is 0 Å². The quantitative estimate of drug-likeness (QED) is 0.558. The summed E-state index contributed by atoms with van der Waals surface area (Å²) in [5.41, 5.74) is 1.44. The van der Waals surface area contributed by atoms with Crippen molar-refractivity contribution in [3.63, 3.8) is 0 Å². The van der Waals surface area contributed by atoms with Crippen LogP contribution < -0.4 is 15.8 Å². The van der Waals surface area contributed by atoms with Gasteiger partial charge in [0.25, 0.3) is 11.5 Å². The van der Waals surface area contributed by atoms with E-state index in [2.05, 4.69) is 15.4 Å². The Balaban J connectivity index is 1.72. The number of aromatic nitrogens is 3. The van der Waals surface area contributed by atoms with E-state index >= 15 is 0 Å². The number of carbonyl (C=O) groups is 1. The maximum absolute atomic E-state index is 13.0. The van der Waals surface area contributed by atoms with Crippen LogP contribution in [0.4, 0.5) is 11.5 Å². The Morgan fingerprint density at radius 1 is 0.967 bits per heavy atom. The van der Waals surface area contributed by atoms with E-state index in [9.17, 15) is 9.59 Å². The van der Waals surface area contributed by atoms with Crippen LogP contribution in [0.3, 0.4) is 0 Å². The third-order valence-corrected chi connectivity index (χ3v) is 4.72. The van der Waals surface area contributed by atoms with Crippen LogP contribution in [0, 0.1) is 0 Å². The third kappa shape index (κ3) is 3.91. The van der Waals surface area contributed by atoms with Gasteiger partial charge in [-0.3, -0.25) is 9.59 Å². The second-order valence-electron chi connectivity index (χ2n) is 7.10. The highest BCUT2D eigenvalue weighted by atomic mass is 16.2. The molecule has 0 spiro atoms. The van der Waals surface area contributed by atoms with E-state index in [-0.39, 0.29) is 17.8 Å². The van der Waals surface area contributed by atoms with Crippen LogP contribution in [0.1, 0.15) is 16.1 Å². The first-order chi connectivity index (χ1) is 14.5. The molecule has 4 rings (SSSR count). The zero-order valence-corrected chi connectivity index (χ0v) is 16.7. The number of anilines is 2. The summed E-state index contributed by atoms with van der Waals surface area (Å²) in [6.45, 7) is 0.282. The monoisotopic (exact) mass is 399 g/mol. The maximum Gasteiger partial charge on any atom is 0.276 e. The second-order valence-corrected chi connectivity index (χ2v) is 7.10. The standard InChI is InChI=1S/C23H21N5O2/c1-27(2)20-13-12-17(14-24-20)25-22(29)21-18-10-6-7-11-19(18)23(30)28(26-21)15-16-8-4-3-5-9-16/h3-14H,15H2,1-2H3,(H,25,29). The molecule has 7 heteroatoms. The van der Waals surface area contributed by atoms with E-state index in [1.54, 1.807) is 36.5 Å². The number of nitrogens with zero attached hydrogens (tertiary/aromatic N) is 4. The van der Waals surface area contributed by atoms with Crippen molar-refractivity contribution in [3.05, 3.63) is 94.5 Å². The molecule has 0 saturated carbocycles. The van der Waals surface area contributed by atoms with Gasteiger partial charge < -0.3 is 10.2 Å². The molecule has 0 radical (unpaired) electrons. The minimum Gasteiger partial charge on any atom is -0.363 e. The highest BCUT2D eigenvalue weighted by Gasteiger charge is 2.17. The van der Waals surface area contributed by atoms with Crippen LogP contribution in [0.5, 0.6) is 0 Å². The van der Waals surface area contributed by atoms with Crippen LogP contribution in [-0.4, -0.2) is 34.8 Å². The highest BCUT2D eigenvalue weighted by molar-refractivity contribution is 6.11. The average Bonchev–Trinajstić information content (AvgIpc) is 2.77. The van der Waals surface area contributed by atoms with Crippen molar-refractivity contribution in [2.24, 2.45) is 0 Å². The van der Waals surface area contributed by atoms with E-state index in [0.29, 0.717) is 16.5 Å². The van der Waals surface area contributed by atoms with Gasteiger partial charge in [0.05, 0.1) is 23.8 Å². The minimum absolute atomic E-state index is 0.192. The summed E-state index contributed by atoms with van der Waals surface area (Å²) in [5, 5.41) is 8.20.